The average molecular weight is 222 g/mol. The van der Waals surface area contributed by atoms with Gasteiger partial charge in [-0.1, -0.05) is 6.92 Å². The minimum absolute atomic E-state index is 0.00595. The second-order valence-corrected chi connectivity index (χ2v) is 3.65. The maximum absolute atomic E-state index is 11.5. The number of aromatic nitrogens is 1. The van der Waals surface area contributed by atoms with Gasteiger partial charge in [-0.3, -0.25) is 4.79 Å². The van der Waals surface area contributed by atoms with Crippen molar-refractivity contribution in [2.45, 2.75) is 13.3 Å². The smallest absolute Gasteiger partial charge is 0.239 e. The molecule has 0 aliphatic rings. The molecule has 5 heteroatoms. The first-order valence-electron chi connectivity index (χ1n) is 5.33. The summed E-state index contributed by atoms with van der Waals surface area (Å²) in [6.07, 6.45) is 2.57. The Hall–Kier alpha value is -1.78. The summed E-state index contributed by atoms with van der Waals surface area (Å²) in [4.78, 5) is 17.4. The zero-order valence-corrected chi connectivity index (χ0v) is 9.73. The molecular formula is C11H18N4O. The number of rotatable bonds is 5. The summed E-state index contributed by atoms with van der Waals surface area (Å²) in [6.45, 7) is 3.01. The number of carbonyl (C=O) groups is 1. The van der Waals surface area contributed by atoms with Gasteiger partial charge in [-0.05, 0) is 12.5 Å². The number of nitrogens with one attached hydrogen (secondary N) is 1. The molecule has 0 bridgehead atoms. The molecule has 16 heavy (non-hydrogen) atoms. The summed E-state index contributed by atoms with van der Waals surface area (Å²) in [7, 11) is 1.81. The fraction of sp³-hybridized carbons (Fsp3) is 0.455. The Morgan fingerprint density at radius 3 is 3.00 bits per heavy atom. The first-order valence-corrected chi connectivity index (χ1v) is 5.33. The molecule has 1 rings (SSSR count). The van der Waals surface area contributed by atoms with E-state index >= 15 is 0 Å². The summed E-state index contributed by atoms with van der Waals surface area (Å²) >= 11 is 0. The number of hydrogen-bond acceptors (Lipinski definition) is 4. The van der Waals surface area contributed by atoms with E-state index in [-0.39, 0.29) is 12.5 Å². The maximum Gasteiger partial charge on any atom is 0.239 e. The Morgan fingerprint density at radius 2 is 2.38 bits per heavy atom. The standard InChI is InChI=1S/C11H18N4O/c1-3-5-14-11(16)8-15(2)10-7-9(12)4-6-13-10/h4,6-7H,3,5,8H2,1-2H3,(H2,12,13)(H,14,16). The Balaban J connectivity index is 2.52. The monoisotopic (exact) mass is 222 g/mol. The summed E-state index contributed by atoms with van der Waals surface area (Å²) in [5, 5.41) is 2.81. The van der Waals surface area contributed by atoms with E-state index in [1.807, 2.05) is 14.0 Å². The molecule has 1 heterocycles. The van der Waals surface area contributed by atoms with Gasteiger partial charge < -0.3 is 16.0 Å². The highest BCUT2D eigenvalue weighted by atomic mass is 16.2. The van der Waals surface area contributed by atoms with Crippen molar-refractivity contribution in [2.75, 3.05) is 30.8 Å². The number of carbonyl (C=O) groups excluding carboxylic acids is 1. The number of anilines is 2. The van der Waals surface area contributed by atoms with E-state index in [2.05, 4.69) is 10.3 Å². The van der Waals surface area contributed by atoms with Crippen LogP contribution in [0, 0.1) is 0 Å². The summed E-state index contributed by atoms with van der Waals surface area (Å²) < 4.78 is 0. The van der Waals surface area contributed by atoms with E-state index in [4.69, 9.17) is 5.73 Å². The Labute approximate surface area is 95.7 Å². The molecule has 1 amide bonds. The van der Waals surface area contributed by atoms with Crippen LogP contribution in [0.25, 0.3) is 0 Å². The zero-order valence-electron chi connectivity index (χ0n) is 9.73. The largest absolute Gasteiger partial charge is 0.399 e. The minimum Gasteiger partial charge on any atom is -0.399 e. The van der Waals surface area contributed by atoms with Crippen LogP contribution in [0.15, 0.2) is 18.3 Å². The molecule has 0 spiro atoms. The number of nitrogens with two attached hydrogens (primary N) is 1. The van der Waals surface area contributed by atoms with Gasteiger partial charge >= 0.3 is 0 Å². The number of hydrogen-bond donors (Lipinski definition) is 2. The second kappa shape index (κ2) is 5.95. The molecule has 0 atom stereocenters. The van der Waals surface area contributed by atoms with Crippen LogP contribution in [-0.4, -0.2) is 31.0 Å². The number of pyridine rings is 1. The lowest BCUT2D eigenvalue weighted by molar-refractivity contribution is -0.119. The molecule has 5 nitrogen and oxygen atoms in total. The molecule has 0 saturated carbocycles. The SMILES string of the molecule is CCCNC(=O)CN(C)c1cc(N)ccn1. The van der Waals surface area contributed by atoms with Crippen LogP contribution in [0.3, 0.4) is 0 Å². The van der Waals surface area contributed by atoms with Gasteiger partial charge in [-0.25, -0.2) is 4.98 Å². The van der Waals surface area contributed by atoms with Crippen molar-refractivity contribution in [1.29, 1.82) is 0 Å². The topological polar surface area (TPSA) is 71.2 Å². The van der Waals surface area contributed by atoms with Crippen molar-refractivity contribution in [3.05, 3.63) is 18.3 Å². The van der Waals surface area contributed by atoms with E-state index in [0.717, 1.165) is 6.42 Å². The summed E-state index contributed by atoms with van der Waals surface area (Å²) in [5.41, 5.74) is 6.28. The van der Waals surface area contributed by atoms with Crippen molar-refractivity contribution in [3.8, 4) is 0 Å². The van der Waals surface area contributed by atoms with E-state index in [1.54, 1.807) is 23.2 Å². The lowest BCUT2D eigenvalue weighted by atomic mass is 10.3. The molecule has 0 aliphatic carbocycles. The van der Waals surface area contributed by atoms with Gasteiger partial charge in [0.05, 0.1) is 6.54 Å². The third-order valence-electron chi connectivity index (χ3n) is 2.11. The van der Waals surface area contributed by atoms with Gasteiger partial charge in [-0.2, -0.15) is 0 Å². The third kappa shape index (κ3) is 3.76. The number of nitrogens with zero attached hydrogens (tertiary/aromatic N) is 2. The van der Waals surface area contributed by atoms with Crippen LogP contribution in [-0.2, 0) is 4.79 Å². The molecular weight excluding hydrogens is 204 g/mol. The Bertz CT molecular complexity index is 354. The summed E-state index contributed by atoms with van der Waals surface area (Å²) in [6, 6.07) is 3.46. The van der Waals surface area contributed by atoms with Crippen molar-refractivity contribution in [2.24, 2.45) is 0 Å². The van der Waals surface area contributed by atoms with Gasteiger partial charge in [0.2, 0.25) is 5.91 Å². The quantitative estimate of drug-likeness (QED) is 0.766. The molecule has 0 saturated heterocycles. The number of likely N-dealkylation sites (N-methyl/N-ethyl adjacent to an activating group) is 1. The summed E-state index contributed by atoms with van der Waals surface area (Å²) in [5.74, 6) is 0.695. The highest BCUT2D eigenvalue weighted by molar-refractivity contribution is 5.80. The normalized spacial score (nSPS) is 9.88. The molecule has 0 unspecified atom stereocenters. The molecule has 1 aromatic heterocycles. The van der Waals surface area contributed by atoms with E-state index in [0.29, 0.717) is 18.1 Å². The van der Waals surface area contributed by atoms with Crippen LogP contribution in [0.5, 0.6) is 0 Å². The highest BCUT2D eigenvalue weighted by Crippen LogP contribution is 2.11. The van der Waals surface area contributed by atoms with Gasteiger partial charge in [0, 0.05) is 31.5 Å². The van der Waals surface area contributed by atoms with Crippen molar-refractivity contribution in [1.82, 2.24) is 10.3 Å². The van der Waals surface area contributed by atoms with Crippen molar-refractivity contribution >= 4 is 17.4 Å². The zero-order chi connectivity index (χ0) is 12.0. The van der Waals surface area contributed by atoms with Crippen LogP contribution in [0.2, 0.25) is 0 Å². The first-order chi connectivity index (χ1) is 7.63. The molecule has 1 aromatic rings. The third-order valence-corrected chi connectivity index (χ3v) is 2.11. The number of nitrogen functional groups attached to an aromatic ring is 1. The van der Waals surface area contributed by atoms with E-state index < -0.39 is 0 Å². The molecule has 0 aromatic carbocycles. The fourth-order valence-corrected chi connectivity index (χ4v) is 1.26. The number of amides is 1. The second-order valence-electron chi connectivity index (χ2n) is 3.65. The Morgan fingerprint density at radius 1 is 1.62 bits per heavy atom. The average Bonchev–Trinajstić information content (AvgIpc) is 2.26. The van der Waals surface area contributed by atoms with Crippen LogP contribution in [0.4, 0.5) is 11.5 Å². The molecule has 0 radical (unpaired) electrons. The van der Waals surface area contributed by atoms with E-state index in [1.165, 1.54) is 0 Å². The Kier molecular flexibility index (Phi) is 4.57. The van der Waals surface area contributed by atoms with E-state index in [9.17, 15) is 4.79 Å². The van der Waals surface area contributed by atoms with Gasteiger partial charge in [0.1, 0.15) is 5.82 Å². The van der Waals surface area contributed by atoms with Gasteiger partial charge in [0.25, 0.3) is 0 Å². The lowest BCUT2D eigenvalue weighted by Crippen LogP contribution is -2.35. The molecule has 0 aliphatic heterocycles. The fourth-order valence-electron chi connectivity index (χ4n) is 1.26. The highest BCUT2D eigenvalue weighted by Gasteiger charge is 2.07. The predicted molar refractivity (Wildman–Crippen MR) is 65.2 cm³/mol. The minimum atomic E-state index is -0.00595. The van der Waals surface area contributed by atoms with Crippen LogP contribution < -0.4 is 16.0 Å². The van der Waals surface area contributed by atoms with Gasteiger partial charge in [0.15, 0.2) is 0 Å². The predicted octanol–water partition coefficient (Wildman–Crippen LogP) is 0.626. The first kappa shape index (κ1) is 12.3. The molecule has 0 fully saturated rings. The van der Waals surface area contributed by atoms with Crippen molar-refractivity contribution in [3.63, 3.8) is 0 Å². The van der Waals surface area contributed by atoms with Crippen LogP contribution >= 0.6 is 0 Å². The van der Waals surface area contributed by atoms with Gasteiger partial charge in [-0.15, -0.1) is 0 Å². The molecule has 88 valence electrons. The van der Waals surface area contributed by atoms with Crippen molar-refractivity contribution < 1.29 is 4.79 Å². The maximum atomic E-state index is 11.5. The molecule has 3 N–H and O–H groups in total. The van der Waals surface area contributed by atoms with Crippen LogP contribution in [0.1, 0.15) is 13.3 Å². The lowest BCUT2D eigenvalue weighted by Gasteiger charge is -2.17.